The summed E-state index contributed by atoms with van der Waals surface area (Å²) in [6.45, 7) is -0.558. The van der Waals surface area contributed by atoms with Crippen LogP contribution in [-0.2, 0) is 10.0 Å². The molecule has 7 heteroatoms. The highest BCUT2D eigenvalue weighted by Gasteiger charge is 2.42. The second-order valence-corrected chi connectivity index (χ2v) is 8.85. The van der Waals surface area contributed by atoms with Gasteiger partial charge in [0, 0.05) is 10.9 Å². The Kier molecular flexibility index (Phi) is 4.08. The number of hydrogen-bond donors (Lipinski definition) is 1. The van der Waals surface area contributed by atoms with E-state index in [1.807, 2.05) is 48.5 Å². The highest BCUT2D eigenvalue weighted by atomic mass is 32.2. The molecule has 0 unspecified atom stereocenters. The molecule has 0 saturated heterocycles. The number of sulfonamides is 1. The predicted octanol–water partition coefficient (Wildman–Crippen LogP) is 3.86. The molecule has 0 fully saturated rings. The summed E-state index contributed by atoms with van der Waals surface area (Å²) in [5, 5.41) is 0.683. The van der Waals surface area contributed by atoms with Gasteiger partial charge >= 0.3 is 0 Å². The fraction of sp³-hybridized carbons (Fsp3) is 0.0435. The molecule has 1 amide bonds. The molecule has 0 atom stereocenters. The molecule has 1 N–H and O–H groups in total. The molecule has 2 heterocycles. The van der Waals surface area contributed by atoms with Gasteiger partial charge in [0.05, 0.1) is 16.8 Å². The molecule has 0 radical (unpaired) electrons. The van der Waals surface area contributed by atoms with Crippen LogP contribution in [0, 0.1) is 0 Å². The molecule has 6 nitrogen and oxygen atoms in total. The predicted molar refractivity (Wildman–Crippen MR) is 113 cm³/mol. The lowest BCUT2D eigenvalue weighted by atomic mass is 10.0. The van der Waals surface area contributed by atoms with Crippen molar-refractivity contribution in [3.05, 3.63) is 90.0 Å². The Balaban J connectivity index is 1.61. The maximum atomic E-state index is 13.4. The molecule has 0 saturated carbocycles. The summed E-state index contributed by atoms with van der Waals surface area (Å²) < 4.78 is 26.4. The Morgan fingerprint density at radius 3 is 2.30 bits per heavy atom. The number of H-pyrrole nitrogens is 1. The maximum Gasteiger partial charge on any atom is 0.269 e. The van der Waals surface area contributed by atoms with E-state index in [0.29, 0.717) is 20.9 Å². The Bertz CT molecular complexity index is 1420. The number of aromatic nitrogens is 1. The number of aromatic amines is 1. The number of carbonyl (C=O) groups excluding carboxylic acids is 2. The molecular formula is C23H16N2O4S. The van der Waals surface area contributed by atoms with E-state index in [1.54, 1.807) is 18.2 Å². The number of rotatable bonds is 4. The van der Waals surface area contributed by atoms with Crippen LogP contribution in [0.25, 0.3) is 22.2 Å². The minimum atomic E-state index is -4.06. The number of carbonyl (C=O) groups is 2. The van der Waals surface area contributed by atoms with Crippen molar-refractivity contribution < 1.29 is 18.0 Å². The Hall–Kier alpha value is -3.71. The largest absolute Gasteiger partial charge is 0.354 e. The molecule has 1 aromatic heterocycles. The van der Waals surface area contributed by atoms with Gasteiger partial charge in [-0.15, -0.1) is 0 Å². The summed E-state index contributed by atoms with van der Waals surface area (Å²) in [4.78, 5) is 29.3. The zero-order valence-electron chi connectivity index (χ0n) is 15.7. The number of fused-ring (bicyclic) bond motifs is 2. The van der Waals surface area contributed by atoms with E-state index in [9.17, 15) is 18.0 Å². The topological polar surface area (TPSA) is 87.3 Å². The van der Waals surface area contributed by atoms with Crippen LogP contribution in [0.1, 0.15) is 20.7 Å². The monoisotopic (exact) mass is 416 g/mol. The van der Waals surface area contributed by atoms with Crippen molar-refractivity contribution >= 4 is 32.6 Å². The van der Waals surface area contributed by atoms with E-state index in [4.69, 9.17) is 0 Å². The number of amides is 1. The van der Waals surface area contributed by atoms with Crippen molar-refractivity contribution in [3.8, 4) is 11.3 Å². The van der Waals surface area contributed by atoms with E-state index in [2.05, 4.69) is 4.98 Å². The quantitative estimate of drug-likeness (QED) is 0.512. The summed E-state index contributed by atoms with van der Waals surface area (Å²) in [7, 11) is -4.06. The number of para-hydroxylation sites is 1. The van der Waals surface area contributed by atoms with Gasteiger partial charge in [-0.05, 0) is 23.8 Å². The van der Waals surface area contributed by atoms with Gasteiger partial charge < -0.3 is 4.98 Å². The molecule has 0 bridgehead atoms. The summed E-state index contributed by atoms with van der Waals surface area (Å²) in [5.41, 5.74) is 2.63. The average Bonchev–Trinajstić information content (AvgIpc) is 3.24. The van der Waals surface area contributed by atoms with Crippen molar-refractivity contribution in [2.24, 2.45) is 0 Å². The van der Waals surface area contributed by atoms with Crippen molar-refractivity contribution in [1.29, 1.82) is 0 Å². The third-order valence-electron chi connectivity index (χ3n) is 5.25. The number of benzene rings is 3. The fourth-order valence-electron chi connectivity index (χ4n) is 3.85. The molecule has 5 rings (SSSR count). The Morgan fingerprint density at radius 2 is 1.53 bits per heavy atom. The highest BCUT2D eigenvalue weighted by molar-refractivity contribution is 7.90. The van der Waals surface area contributed by atoms with Crippen LogP contribution in [0.5, 0.6) is 0 Å². The van der Waals surface area contributed by atoms with Crippen molar-refractivity contribution in [2.45, 2.75) is 4.90 Å². The van der Waals surface area contributed by atoms with E-state index in [-0.39, 0.29) is 10.5 Å². The number of nitrogens with zero attached hydrogens (tertiary/aromatic N) is 1. The average molecular weight is 416 g/mol. The molecule has 1 aliphatic rings. The summed E-state index contributed by atoms with van der Waals surface area (Å²) in [6.07, 6.45) is 0. The van der Waals surface area contributed by atoms with Crippen LogP contribution in [0.15, 0.2) is 83.8 Å². The van der Waals surface area contributed by atoms with E-state index >= 15 is 0 Å². The van der Waals surface area contributed by atoms with Crippen LogP contribution < -0.4 is 0 Å². The minimum Gasteiger partial charge on any atom is -0.354 e. The molecule has 4 aromatic rings. The van der Waals surface area contributed by atoms with Crippen LogP contribution in [0.2, 0.25) is 0 Å². The lowest BCUT2D eigenvalue weighted by Gasteiger charge is -2.14. The lowest BCUT2D eigenvalue weighted by Crippen LogP contribution is -2.35. The summed E-state index contributed by atoms with van der Waals surface area (Å²) in [5.74, 6) is -1.13. The zero-order chi connectivity index (χ0) is 20.9. The first-order chi connectivity index (χ1) is 14.5. The van der Waals surface area contributed by atoms with E-state index in [1.165, 1.54) is 12.1 Å². The summed E-state index contributed by atoms with van der Waals surface area (Å²) in [6, 6.07) is 22.7. The third-order valence-corrected chi connectivity index (χ3v) is 7.03. The van der Waals surface area contributed by atoms with Gasteiger partial charge in [0.25, 0.3) is 15.9 Å². The minimum absolute atomic E-state index is 0.0648. The first-order valence-electron chi connectivity index (χ1n) is 9.34. The van der Waals surface area contributed by atoms with Gasteiger partial charge in [-0.1, -0.05) is 60.7 Å². The lowest BCUT2D eigenvalue weighted by molar-refractivity contribution is 0.0821. The second-order valence-electron chi connectivity index (χ2n) is 7.02. The van der Waals surface area contributed by atoms with Crippen LogP contribution >= 0.6 is 0 Å². The molecule has 148 valence electrons. The van der Waals surface area contributed by atoms with Crippen LogP contribution in [0.3, 0.4) is 0 Å². The fourth-order valence-corrected chi connectivity index (χ4v) is 5.37. The first kappa shape index (κ1) is 18.3. The van der Waals surface area contributed by atoms with Crippen molar-refractivity contribution in [3.63, 3.8) is 0 Å². The Labute approximate surface area is 172 Å². The molecule has 30 heavy (non-hydrogen) atoms. The van der Waals surface area contributed by atoms with Gasteiger partial charge in [0.1, 0.15) is 11.4 Å². The molecule has 0 spiro atoms. The number of hydrogen-bond acceptors (Lipinski definition) is 4. The molecule has 1 aliphatic heterocycles. The van der Waals surface area contributed by atoms with Gasteiger partial charge in [-0.2, -0.15) is 0 Å². The van der Waals surface area contributed by atoms with Crippen molar-refractivity contribution in [1.82, 2.24) is 9.29 Å². The first-order valence-corrected chi connectivity index (χ1v) is 10.8. The normalized spacial score (nSPS) is 14.8. The van der Waals surface area contributed by atoms with Crippen LogP contribution in [0.4, 0.5) is 0 Å². The number of Topliss-reactive ketones (excluding diaryl/α,β-unsaturated/α-hetero) is 1. The molecule has 3 aromatic carbocycles. The third kappa shape index (κ3) is 2.67. The number of nitrogens with one attached hydrogen (secondary N) is 1. The smallest absolute Gasteiger partial charge is 0.269 e. The summed E-state index contributed by atoms with van der Waals surface area (Å²) >= 11 is 0. The molecule has 0 aliphatic carbocycles. The van der Waals surface area contributed by atoms with Gasteiger partial charge in [-0.25, -0.2) is 12.7 Å². The van der Waals surface area contributed by atoms with Gasteiger partial charge in [0.2, 0.25) is 0 Å². The highest BCUT2D eigenvalue weighted by Crippen LogP contribution is 2.33. The van der Waals surface area contributed by atoms with Gasteiger partial charge in [-0.3, -0.25) is 9.59 Å². The zero-order valence-corrected chi connectivity index (χ0v) is 16.5. The van der Waals surface area contributed by atoms with E-state index in [0.717, 1.165) is 11.1 Å². The number of ketones is 1. The standard InChI is InChI=1S/C23H16N2O4S/c26-19(14-25-23(27)17-11-5-7-13-20(17)30(25,28)29)21-16-10-4-6-12-18(16)24-22(21)15-8-2-1-3-9-15/h1-13,24H,14H2. The van der Waals surface area contributed by atoms with Gasteiger partial charge in [0.15, 0.2) is 5.78 Å². The van der Waals surface area contributed by atoms with Crippen LogP contribution in [-0.4, -0.2) is 35.9 Å². The molecular weight excluding hydrogens is 400 g/mol. The SMILES string of the molecule is O=C(CN1C(=O)c2ccccc2S1(=O)=O)c1c(-c2ccccc2)[nH]c2ccccc12. The Morgan fingerprint density at radius 1 is 0.867 bits per heavy atom. The maximum absolute atomic E-state index is 13.4. The second kappa shape index (κ2) is 6.67. The van der Waals surface area contributed by atoms with E-state index < -0.39 is 28.3 Å². The van der Waals surface area contributed by atoms with Crippen molar-refractivity contribution in [2.75, 3.05) is 6.54 Å².